The van der Waals surface area contributed by atoms with Crippen LogP contribution in [0.5, 0.6) is 0 Å². The maximum Gasteiger partial charge on any atom is 0.332 e. The number of fused-ring (bicyclic) bond motifs is 1. The Balaban J connectivity index is 1.35. The van der Waals surface area contributed by atoms with E-state index in [1.807, 2.05) is 24.3 Å². The van der Waals surface area contributed by atoms with Gasteiger partial charge in [-0.1, -0.05) is 63.4 Å². The third-order valence-electron chi connectivity index (χ3n) is 7.14. The van der Waals surface area contributed by atoms with E-state index in [1.54, 1.807) is 36.1 Å². The van der Waals surface area contributed by atoms with Gasteiger partial charge in [0.05, 0.1) is 16.8 Å². The summed E-state index contributed by atoms with van der Waals surface area (Å²) in [5.74, 6) is -1.01. The summed E-state index contributed by atoms with van der Waals surface area (Å²) >= 11 is 15.8. The van der Waals surface area contributed by atoms with Crippen molar-refractivity contribution in [2.75, 3.05) is 18.0 Å². The maximum atomic E-state index is 13.9. The number of imide groups is 2. The zero-order valence-electron chi connectivity index (χ0n) is 21.0. The van der Waals surface area contributed by atoms with Crippen molar-refractivity contribution in [3.8, 4) is 0 Å². The van der Waals surface area contributed by atoms with Crippen LogP contribution >= 0.6 is 39.1 Å². The number of anilines is 1. The molecule has 0 unspecified atom stereocenters. The van der Waals surface area contributed by atoms with E-state index < -0.39 is 11.6 Å². The number of benzene rings is 3. The van der Waals surface area contributed by atoms with Crippen LogP contribution < -0.4 is 4.90 Å². The number of hydrogen-bond acceptors (Lipinski definition) is 4. The summed E-state index contributed by atoms with van der Waals surface area (Å²) in [6.07, 6.45) is 1.25. The number of carbonyl (C=O) groups excluding carboxylic acids is 4. The lowest BCUT2D eigenvalue weighted by atomic mass is 9.91. The van der Waals surface area contributed by atoms with Gasteiger partial charge in [-0.15, -0.1) is 0 Å². The number of nitrogens with zero attached hydrogens (tertiary/aromatic N) is 3. The minimum Gasteiger partial charge on any atom is -0.309 e. The van der Waals surface area contributed by atoms with Crippen LogP contribution in [-0.4, -0.2) is 52.2 Å². The highest BCUT2D eigenvalue weighted by molar-refractivity contribution is 9.10. The molecule has 2 aliphatic heterocycles. The summed E-state index contributed by atoms with van der Waals surface area (Å²) in [6, 6.07) is 18.5. The first kappa shape index (κ1) is 27.4. The minimum atomic E-state index is -1.17. The van der Waals surface area contributed by atoms with E-state index in [0.717, 1.165) is 14.9 Å². The Morgan fingerprint density at radius 2 is 1.36 bits per heavy atom. The van der Waals surface area contributed by atoms with Crippen molar-refractivity contribution in [2.45, 2.75) is 31.7 Å². The highest BCUT2D eigenvalue weighted by Crippen LogP contribution is 2.37. The number of unbranched alkanes of at least 4 members (excludes halogenated alkanes) is 1. The molecule has 5 rings (SSSR count). The van der Waals surface area contributed by atoms with Crippen LogP contribution in [0, 0.1) is 0 Å². The van der Waals surface area contributed by atoms with E-state index in [1.165, 1.54) is 23.1 Å². The van der Waals surface area contributed by atoms with Crippen molar-refractivity contribution in [1.29, 1.82) is 0 Å². The molecular formula is C29H24BrCl2N3O4. The fraction of sp³-hybridized carbons (Fsp3) is 0.241. The summed E-state index contributed by atoms with van der Waals surface area (Å²) in [5.41, 5.74) is 0.832. The topological polar surface area (TPSA) is 78.0 Å². The molecule has 0 N–H and O–H groups in total. The second-order valence-corrected chi connectivity index (χ2v) is 11.6. The summed E-state index contributed by atoms with van der Waals surface area (Å²) in [5, 5.41) is 0.624. The molecule has 2 heterocycles. The van der Waals surface area contributed by atoms with Crippen LogP contribution in [-0.2, 0) is 11.2 Å². The second-order valence-electron chi connectivity index (χ2n) is 9.79. The monoisotopic (exact) mass is 627 g/mol. The Kier molecular flexibility index (Phi) is 7.55. The minimum absolute atomic E-state index is 0.222. The molecule has 7 nitrogen and oxygen atoms in total. The number of urea groups is 1. The molecule has 3 aromatic carbocycles. The Labute approximate surface area is 244 Å². The number of halogens is 3. The number of amides is 5. The summed E-state index contributed by atoms with van der Waals surface area (Å²) in [7, 11) is 0. The molecule has 0 spiro atoms. The van der Waals surface area contributed by atoms with Crippen LogP contribution in [0.2, 0.25) is 10.0 Å². The van der Waals surface area contributed by atoms with Crippen molar-refractivity contribution >= 4 is 68.6 Å². The van der Waals surface area contributed by atoms with Gasteiger partial charge in [-0.2, -0.15) is 0 Å². The van der Waals surface area contributed by atoms with Crippen LogP contribution in [0.3, 0.4) is 0 Å². The largest absolute Gasteiger partial charge is 0.332 e. The predicted molar refractivity (Wildman–Crippen MR) is 153 cm³/mol. The van der Waals surface area contributed by atoms with Gasteiger partial charge in [0.15, 0.2) is 0 Å². The van der Waals surface area contributed by atoms with E-state index in [9.17, 15) is 19.2 Å². The van der Waals surface area contributed by atoms with Crippen molar-refractivity contribution in [3.05, 3.63) is 97.9 Å². The van der Waals surface area contributed by atoms with Gasteiger partial charge < -0.3 is 4.90 Å². The molecule has 10 heteroatoms. The third kappa shape index (κ3) is 5.09. The number of hydrogen-bond donors (Lipinski definition) is 0. The Hall–Kier alpha value is -3.20. The average molecular weight is 629 g/mol. The first-order valence-corrected chi connectivity index (χ1v) is 14.0. The molecule has 200 valence electrons. The van der Waals surface area contributed by atoms with E-state index in [-0.39, 0.29) is 30.8 Å². The molecule has 1 saturated heterocycles. The zero-order chi connectivity index (χ0) is 27.9. The van der Waals surface area contributed by atoms with Crippen molar-refractivity contribution in [1.82, 2.24) is 9.80 Å². The second kappa shape index (κ2) is 10.8. The SMILES string of the molecule is C[C@@]1(Cc2ccc(Br)cc2)C(=O)N(c2cc(Cl)cc(Cl)c2)C(=O)N1CCCCN1C(=O)c2ccccc2C1=O. The first-order valence-electron chi connectivity index (χ1n) is 12.4. The van der Waals surface area contributed by atoms with E-state index in [2.05, 4.69) is 15.9 Å². The Bertz CT molecular complexity index is 1440. The molecule has 0 aliphatic carbocycles. The summed E-state index contributed by atoms with van der Waals surface area (Å²) < 4.78 is 0.908. The van der Waals surface area contributed by atoms with Gasteiger partial charge in [0.2, 0.25) is 0 Å². The molecule has 0 saturated carbocycles. The Morgan fingerprint density at radius 3 is 1.95 bits per heavy atom. The standard InChI is InChI=1S/C29H24BrCl2N3O4/c1-29(17-18-8-10-19(30)11-9-18)27(38)35(22-15-20(31)14-21(32)16-22)28(39)34(29)13-5-4-12-33-25(36)23-6-2-3-7-24(23)26(33)37/h2-3,6-11,14-16H,4-5,12-13,17H2,1H3/t29-/m1/s1. The van der Waals surface area contributed by atoms with Gasteiger partial charge in [0.1, 0.15) is 5.54 Å². The maximum absolute atomic E-state index is 13.9. The van der Waals surface area contributed by atoms with Crippen molar-refractivity contribution in [3.63, 3.8) is 0 Å². The molecule has 3 aromatic rings. The molecule has 0 aromatic heterocycles. The van der Waals surface area contributed by atoms with Crippen molar-refractivity contribution < 1.29 is 19.2 Å². The van der Waals surface area contributed by atoms with Gasteiger partial charge >= 0.3 is 6.03 Å². The number of rotatable bonds is 8. The Morgan fingerprint density at radius 1 is 0.795 bits per heavy atom. The summed E-state index contributed by atoms with van der Waals surface area (Å²) in [6.45, 7) is 2.23. The van der Waals surface area contributed by atoms with E-state index in [0.29, 0.717) is 46.1 Å². The van der Waals surface area contributed by atoms with Gasteiger partial charge in [0, 0.05) is 34.0 Å². The molecule has 2 aliphatic rings. The molecule has 0 radical (unpaired) electrons. The van der Waals surface area contributed by atoms with Gasteiger partial charge in [-0.3, -0.25) is 19.3 Å². The lowest BCUT2D eigenvalue weighted by Gasteiger charge is -2.32. The average Bonchev–Trinajstić information content (AvgIpc) is 3.24. The fourth-order valence-corrected chi connectivity index (χ4v) is 5.95. The smallest absolute Gasteiger partial charge is 0.309 e. The van der Waals surface area contributed by atoms with Crippen molar-refractivity contribution in [2.24, 2.45) is 0 Å². The predicted octanol–water partition coefficient (Wildman–Crippen LogP) is 6.60. The van der Waals surface area contributed by atoms with Gasteiger partial charge in [0.25, 0.3) is 17.7 Å². The molecule has 39 heavy (non-hydrogen) atoms. The molecule has 1 atom stereocenters. The molecular weight excluding hydrogens is 605 g/mol. The zero-order valence-corrected chi connectivity index (χ0v) is 24.1. The first-order chi connectivity index (χ1) is 18.6. The normalized spacial score (nSPS) is 18.9. The summed E-state index contributed by atoms with van der Waals surface area (Å²) in [4.78, 5) is 56.9. The van der Waals surface area contributed by atoms with Gasteiger partial charge in [-0.05, 0) is 67.8 Å². The molecule has 0 bridgehead atoms. The van der Waals surface area contributed by atoms with Gasteiger partial charge in [-0.25, -0.2) is 9.69 Å². The van der Waals surface area contributed by atoms with E-state index in [4.69, 9.17) is 23.2 Å². The highest BCUT2D eigenvalue weighted by atomic mass is 79.9. The lowest BCUT2D eigenvalue weighted by molar-refractivity contribution is -0.124. The van der Waals surface area contributed by atoms with Crippen LogP contribution in [0.4, 0.5) is 10.5 Å². The third-order valence-corrected chi connectivity index (χ3v) is 8.11. The molecule has 5 amide bonds. The van der Waals surface area contributed by atoms with Crippen LogP contribution in [0.15, 0.2) is 71.2 Å². The van der Waals surface area contributed by atoms with Crippen LogP contribution in [0.1, 0.15) is 46.0 Å². The van der Waals surface area contributed by atoms with E-state index >= 15 is 0 Å². The fourth-order valence-electron chi connectivity index (χ4n) is 5.17. The number of carbonyl (C=O) groups is 4. The quantitative estimate of drug-likeness (QED) is 0.160. The lowest BCUT2D eigenvalue weighted by Crippen LogP contribution is -2.49. The highest BCUT2D eigenvalue weighted by Gasteiger charge is 2.54. The molecule has 1 fully saturated rings. The van der Waals surface area contributed by atoms with Crippen LogP contribution in [0.25, 0.3) is 0 Å².